The van der Waals surface area contributed by atoms with Gasteiger partial charge in [0, 0.05) is 14.2 Å². The van der Waals surface area contributed by atoms with Crippen molar-refractivity contribution in [2.45, 2.75) is 44.6 Å². The maximum absolute atomic E-state index is 11.7. The number of hydrogen-bond acceptors (Lipinski definition) is 4. The van der Waals surface area contributed by atoms with Crippen molar-refractivity contribution in [3.8, 4) is 0 Å². The Bertz CT molecular complexity index is 191. The van der Waals surface area contributed by atoms with Crippen molar-refractivity contribution in [2.24, 2.45) is 0 Å². The summed E-state index contributed by atoms with van der Waals surface area (Å²) in [6.45, 7) is 0. The number of phosphoric acid groups is 1. The van der Waals surface area contributed by atoms with Crippen LogP contribution < -0.4 is 0 Å². The first-order chi connectivity index (χ1) is 6.70. The van der Waals surface area contributed by atoms with Gasteiger partial charge in [-0.15, -0.1) is 0 Å². The third-order valence-electron chi connectivity index (χ3n) is 2.53. The summed E-state index contributed by atoms with van der Waals surface area (Å²) in [6, 6.07) is 0. The molecule has 0 bridgehead atoms. The van der Waals surface area contributed by atoms with Crippen LogP contribution >= 0.6 is 7.82 Å². The quantitative estimate of drug-likeness (QED) is 0.541. The lowest BCUT2D eigenvalue weighted by Gasteiger charge is -2.20. The standard InChI is InChI=1S/C9H19O4P/c1-11-14(10,12-2)13-9-7-5-3-4-6-8-9/h9H,3-8H2,1-2H3. The molecule has 0 aliphatic heterocycles. The van der Waals surface area contributed by atoms with Gasteiger partial charge in [-0.2, -0.15) is 0 Å². The Hall–Kier alpha value is 0.110. The van der Waals surface area contributed by atoms with E-state index in [1.54, 1.807) is 0 Å². The molecule has 0 atom stereocenters. The van der Waals surface area contributed by atoms with Gasteiger partial charge in [0.05, 0.1) is 6.10 Å². The third-order valence-corrected chi connectivity index (χ3v) is 3.98. The normalized spacial score (nSPS) is 20.7. The zero-order valence-corrected chi connectivity index (χ0v) is 9.79. The van der Waals surface area contributed by atoms with Gasteiger partial charge in [0.1, 0.15) is 0 Å². The summed E-state index contributed by atoms with van der Waals surface area (Å²) in [5.74, 6) is 0. The lowest BCUT2D eigenvalue weighted by Crippen LogP contribution is -2.11. The molecule has 0 aromatic carbocycles. The molecule has 5 heteroatoms. The minimum atomic E-state index is -3.27. The molecule has 14 heavy (non-hydrogen) atoms. The van der Waals surface area contributed by atoms with Crippen LogP contribution in [0.25, 0.3) is 0 Å². The highest BCUT2D eigenvalue weighted by molar-refractivity contribution is 7.48. The van der Waals surface area contributed by atoms with E-state index < -0.39 is 7.82 Å². The Morgan fingerprint density at radius 1 is 1.00 bits per heavy atom. The van der Waals surface area contributed by atoms with Crippen LogP contribution in [0.15, 0.2) is 0 Å². The molecule has 0 heterocycles. The summed E-state index contributed by atoms with van der Waals surface area (Å²) >= 11 is 0. The molecule has 0 spiro atoms. The summed E-state index contributed by atoms with van der Waals surface area (Å²) in [7, 11) is -0.573. The van der Waals surface area contributed by atoms with Crippen LogP contribution in [-0.2, 0) is 18.1 Å². The fourth-order valence-corrected chi connectivity index (χ4v) is 2.59. The highest BCUT2D eigenvalue weighted by Crippen LogP contribution is 2.50. The Morgan fingerprint density at radius 3 is 1.93 bits per heavy atom. The lowest BCUT2D eigenvalue weighted by molar-refractivity contribution is 0.0961. The van der Waals surface area contributed by atoms with Crippen molar-refractivity contribution in [3.05, 3.63) is 0 Å². The summed E-state index contributed by atoms with van der Waals surface area (Å²) < 4.78 is 26.5. The van der Waals surface area contributed by atoms with E-state index in [2.05, 4.69) is 0 Å². The predicted octanol–water partition coefficient (Wildman–Crippen LogP) is 3.13. The number of rotatable bonds is 4. The maximum atomic E-state index is 11.7. The molecule has 0 amide bonds. The fourth-order valence-electron chi connectivity index (χ4n) is 1.69. The van der Waals surface area contributed by atoms with Crippen molar-refractivity contribution in [2.75, 3.05) is 14.2 Å². The molecular weight excluding hydrogens is 203 g/mol. The first kappa shape index (κ1) is 12.2. The van der Waals surface area contributed by atoms with E-state index in [4.69, 9.17) is 13.6 Å². The Balaban J connectivity index is 2.44. The second kappa shape index (κ2) is 5.86. The monoisotopic (exact) mass is 222 g/mol. The van der Waals surface area contributed by atoms with Gasteiger partial charge in [0.25, 0.3) is 0 Å². The van der Waals surface area contributed by atoms with Crippen molar-refractivity contribution >= 4 is 7.82 Å². The topological polar surface area (TPSA) is 44.8 Å². The zero-order chi connectivity index (χ0) is 10.4. The van der Waals surface area contributed by atoms with Gasteiger partial charge >= 0.3 is 7.82 Å². The van der Waals surface area contributed by atoms with E-state index in [0.29, 0.717) is 0 Å². The molecule has 1 aliphatic carbocycles. The third kappa shape index (κ3) is 3.70. The lowest BCUT2D eigenvalue weighted by atomic mass is 10.2. The first-order valence-corrected chi connectivity index (χ1v) is 6.56. The van der Waals surface area contributed by atoms with Crippen LogP contribution in [0.5, 0.6) is 0 Å². The van der Waals surface area contributed by atoms with Gasteiger partial charge in [-0.1, -0.05) is 25.7 Å². The van der Waals surface area contributed by atoms with E-state index in [1.165, 1.54) is 27.1 Å². The number of phosphoric ester groups is 1. The molecule has 0 saturated heterocycles. The van der Waals surface area contributed by atoms with Crippen LogP contribution in [0.1, 0.15) is 38.5 Å². The van der Waals surface area contributed by atoms with Crippen LogP contribution in [0.3, 0.4) is 0 Å². The van der Waals surface area contributed by atoms with E-state index in [9.17, 15) is 4.57 Å². The molecule has 1 rings (SSSR count). The molecule has 0 aromatic rings. The summed E-state index contributed by atoms with van der Waals surface area (Å²) in [6.07, 6.45) is 6.70. The first-order valence-electron chi connectivity index (χ1n) is 5.10. The van der Waals surface area contributed by atoms with Gasteiger partial charge in [0.15, 0.2) is 0 Å². The molecule has 84 valence electrons. The molecule has 0 unspecified atom stereocenters. The van der Waals surface area contributed by atoms with Crippen LogP contribution in [0.2, 0.25) is 0 Å². The minimum Gasteiger partial charge on any atom is -0.290 e. The average Bonchev–Trinajstić information content (AvgIpc) is 2.46. The van der Waals surface area contributed by atoms with Crippen molar-refractivity contribution in [1.29, 1.82) is 0 Å². The van der Waals surface area contributed by atoms with Crippen LogP contribution in [0, 0.1) is 0 Å². The molecule has 0 aromatic heterocycles. The van der Waals surface area contributed by atoms with E-state index in [-0.39, 0.29) is 6.10 Å². The molecule has 1 fully saturated rings. The molecule has 0 radical (unpaired) electrons. The average molecular weight is 222 g/mol. The van der Waals surface area contributed by atoms with Crippen LogP contribution in [-0.4, -0.2) is 20.3 Å². The zero-order valence-electron chi connectivity index (χ0n) is 8.90. The van der Waals surface area contributed by atoms with Gasteiger partial charge in [-0.25, -0.2) is 4.57 Å². The van der Waals surface area contributed by atoms with Crippen LogP contribution in [0.4, 0.5) is 0 Å². The van der Waals surface area contributed by atoms with Crippen molar-refractivity contribution in [3.63, 3.8) is 0 Å². The predicted molar refractivity (Wildman–Crippen MR) is 54.2 cm³/mol. The second-order valence-electron chi connectivity index (χ2n) is 3.53. The Morgan fingerprint density at radius 2 is 1.50 bits per heavy atom. The van der Waals surface area contributed by atoms with E-state index >= 15 is 0 Å². The Kier molecular flexibility index (Phi) is 5.10. The summed E-state index contributed by atoms with van der Waals surface area (Å²) in [5.41, 5.74) is 0. The van der Waals surface area contributed by atoms with Gasteiger partial charge in [0.2, 0.25) is 0 Å². The molecule has 0 N–H and O–H groups in total. The highest BCUT2D eigenvalue weighted by Gasteiger charge is 2.28. The van der Waals surface area contributed by atoms with Crippen molar-refractivity contribution in [1.82, 2.24) is 0 Å². The maximum Gasteiger partial charge on any atom is 0.474 e. The molecule has 1 aliphatic rings. The number of hydrogen-bond donors (Lipinski definition) is 0. The smallest absolute Gasteiger partial charge is 0.290 e. The van der Waals surface area contributed by atoms with E-state index in [1.807, 2.05) is 0 Å². The van der Waals surface area contributed by atoms with E-state index in [0.717, 1.165) is 25.7 Å². The molecule has 4 nitrogen and oxygen atoms in total. The molecular formula is C9H19O4P. The Labute approximate surface area is 85.5 Å². The van der Waals surface area contributed by atoms with Gasteiger partial charge in [-0.3, -0.25) is 13.6 Å². The minimum absolute atomic E-state index is 0.0308. The summed E-state index contributed by atoms with van der Waals surface area (Å²) in [4.78, 5) is 0. The largest absolute Gasteiger partial charge is 0.474 e. The van der Waals surface area contributed by atoms with Gasteiger partial charge < -0.3 is 0 Å². The molecule has 1 saturated carbocycles. The second-order valence-corrected chi connectivity index (χ2v) is 5.37. The SMILES string of the molecule is COP(=O)(OC)OC1CCCCCC1. The fraction of sp³-hybridized carbons (Fsp3) is 1.00. The summed E-state index contributed by atoms with van der Waals surface area (Å²) in [5, 5.41) is 0. The van der Waals surface area contributed by atoms with Crippen molar-refractivity contribution < 1.29 is 18.1 Å². The highest BCUT2D eigenvalue weighted by atomic mass is 31.2. The van der Waals surface area contributed by atoms with Gasteiger partial charge in [-0.05, 0) is 12.8 Å².